The zero-order chi connectivity index (χ0) is 23.1. The largest absolute Gasteiger partial charge is 0.480 e. The lowest BCUT2D eigenvalue weighted by atomic mass is 10.0. The highest BCUT2D eigenvalue weighted by atomic mass is 19.4. The van der Waals surface area contributed by atoms with Crippen molar-refractivity contribution in [3.8, 4) is 0 Å². The summed E-state index contributed by atoms with van der Waals surface area (Å²) in [5.74, 6) is -1.85. The first kappa shape index (κ1) is 25.3. The van der Waals surface area contributed by atoms with Crippen molar-refractivity contribution in [2.75, 3.05) is 5.32 Å². The number of hydrogen-bond donors (Lipinski definition) is 4. The third-order valence-electron chi connectivity index (χ3n) is 4.10. The fraction of sp³-hybridized carbons (Fsp3) is 0.550. The van der Waals surface area contributed by atoms with E-state index in [4.69, 9.17) is 0 Å². The lowest BCUT2D eigenvalue weighted by Crippen LogP contribution is -2.53. The second kappa shape index (κ2) is 10.8. The average Bonchev–Trinajstić information content (AvgIpc) is 2.59. The van der Waals surface area contributed by atoms with E-state index in [0.29, 0.717) is 0 Å². The normalized spacial score (nSPS) is 13.6. The molecule has 10 heteroatoms. The Bertz CT molecular complexity index is 751. The quantitative estimate of drug-likeness (QED) is 0.476. The van der Waals surface area contributed by atoms with E-state index in [9.17, 15) is 32.7 Å². The van der Waals surface area contributed by atoms with Crippen LogP contribution in [0, 0.1) is 11.8 Å². The number of hydrogen-bond acceptors (Lipinski definition) is 3. The molecule has 0 saturated heterocycles. The van der Waals surface area contributed by atoms with Gasteiger partial charge in [0.1, 0.15) is 12.1 Å². The van der Waals surface area contributed by atoms with E-state index in [0.717, 1.165) is 18.2 Å². The van der Waals surface area contributed by atoms with Crippen molar-refractivity contribution < 1.29 is 32.7 Å². The molecule has 1 aromatic rings. The average molecular weight is 431 g/mol. The van der Waals surface area contributed by atoms with Gasteiger partial charge in [0.2, 0.25) is 5.91 Å². The molecule has 7 nitrogen and oxygen atoms in total. The van der Waals surface area contributed by atoms with Crippen molar-refractivity contribution >= 4 is 23.6 Å². The molecule has 0 unspecified atom stereocenters. The maximum atomic E-state index is 12.8. The molecule has 0 aliphatic rings. The topological polar surface area (TPSA) is 108 Å². The number of benzene rings is 1. The number of alkyl halides is 3. The molecule has 0 bridgehead atoms. The lowest BCUT2D eigenvalue weighted by Gasteiger charge is -2.23. The van der Waals surface area contributed by atoms with Gasteiger partial charge in [-0.3, -0.25) is 4.79 Å². The summed E-state index contributed by atoms with van der Waals surface area (Å²) in [5, 5.41) is 16.4. The summed E-state index contributed by atoms with van der Waals surface area (Å²) in [6.45, 7) is 7.26. The summed E-state index contributed by atoms with van der Waals surface area (Å²) >= 11 is 0. The Kier molecular flexibility index (Phi) is 9.13. The Hall–Kier alpha value is -2.78. The molecule has 0 saturated carbocycles. The molecule has 0 heterocycles. The molecule has 1 rings (SSSR count). The summed E-state index contributed by atoms with van der Waals surface area (Å²) in [7, 11) is 0. The van der Waals surface area contributed by atoms with Gasteiger partial charge >= 0.3 is 18.2 Å². The third-order valence-corrected chi connectivity index (χ3v) is 4.10. The van der Waals surface area contributed by atoms with Crippen LogP contribution in [0.25, 0.3) is 0 Å². The SMILES string of the molecule is CC(C)C[C@H](NC(=O)[C@H](CC(C)C)NC(=O)Nc1cccc(C(F)(F)F)c1)C(=O)O. The second-order valence-corrected chi connectivity index (χ2v) is 7.89. The maximum Gasteiger partial charge on any atom is 0.416 e. The lowest BCUT2D eigenvalue weighted by molar-refractivity contribution is -0.142. The highest BCUT2D eigenvalue weighted by molar-refractivity contribution is 5.94. The Morgan fingerprint density at radius 1 is 0.967 bits per heavy atom. The molecule has 0 spiro atoms. The van der Waals surface area contributed by atoms with Crippen LogP contribution >= 0.6 is 0 Å². The molecule has 0 aliphatic heterocycles. The van der Waals surface area contributed by atoms with E-state index in [1.54, 1.807) is 0 Å². The Labute approximate surface area is 173 Å². The van der Waals surface area contributed by atoms with E-state index in [1.807, 2.05) is 27.7 Å². The number of carbonyl (C=O) groups excluding carboxylic acids is 2. The molecule has 30 heavy (non-hydrogen) atoms. The fourth-order valence-corrected chi connectivity index (χ4v) is 2.77. The summed E-state index contributed by atoms with van der Waals surface area (Å²) < 4.78 is 38.4. The molecule has 1 aromatic carbocycles. The number of rotatable bonds is 9. The van der Waals surface area contributed by atoms with Gasteiger partial charge in [0.25, 0.3) is 0 Å². The predicted molar refractivity (Wildman–Crippen MR) is 106 cm³/mol. The number of nitrogens with one attached hydrogen (secondary N) is 3. The van der Waals surface area contributed by atoms with Crippen molar-refractivity contribution in [1.82, 2.24) is 10.6 Å². The van der Waals surface area contributed by atoms with Gasteiger partial charge in [-0.2, -0.15) is 13.2 Å². The highest BCUT2D eigenvalue weighted by Gasteiger charge is 2.31. The maximum absolute atomic E-state index is 12.8. The van der Waals surface area contributed by atoms with E-state index in [1.165, 1.54) is 6.07 Å². The summed E-state index contributed by atoms with van der Waals surface area (Å²) in [6, 6.07) is 1.06. The number of carboxylic acids is 1. The van der Waals surface area contributed by atoms with Crippen LogP contribution in [0.4, 0.5) is 23.7 Å². The molecular formula is C20H28F3N3O4. The zero-order valence-electron chi connectivity index (χ0n) is 17.3. The van der Waals surface area contributed by atoms with Crippen LogP contribution in [-0.2, 0) is 15.8 Å². The summed E-state index contributed by atoms with van der Waals surface area (Å²) in [5.41, 5.74) is -1.01. The van der Waals surface area contributed by atoms with Crippen LogP contribution in [0.5, 0.6) is 0 Å². The molecule has 0 aromatic heterocycles. The number of urea groups is 1. The van der Waals surface area contributed by atoms with Gasteiger partial charge in [-0.1, -0.05) is 33.8 Å². The van der Waals surface area contributed by atoms with Crippen LogP contribution in [0.2, 0.25) is 0 Å². The molecule has 168 valence electrons. The number of anilines is 1. The van der Waals surface area contributed by atoms with Gasteiger partial charge in [0.05, 0.1) is 5.56 Å². The molecule has 0 aliphatic carbocycles. The molecule has 0 fully saturated rings. The van der Waals surface area contributed by atoms with Crippen LogP contribution in [-0.4, -0.2) is 35.1 Å². The van der Waals surface area contributed by atoms with Gasteiger partial charge < -0.3 is 21.1 Å². The second-order valence-electron chi connectivity index (χ2n) is 7.89. The Morgan fingerprint density at radius 3 is 2.03 bits per heavy atom. The van der Waals surface area contributed by atoms with Gasteiger partial charge in [-0.25, -0.2) is 9.59 Å². The smallest absolute Gasteiger partial charge is 0.416 e. The summed E-state index contributed by atoms with van der Waals surface area (Å²) in [4.78, 5) is 36.2. The van der Waals surface area contributed by atoms with E-state index in [2.05, 4.69) is 16.0 Å². The Balaban J connectivity index is 2.87. The zero-order valence-corrected chi connectivity index (χ0v) is 17.3. The summed E-state index contributed by atoms with van der Waals surface area (Å²) in [6.07, 6.45) is -4.13. The number of amides is 3. The minimum absolute atomic E-state index is 0.0111. The highest BCUT2D eigenvalue weighted by Crippen LogP contribution is 2.30. The minimum Gasteiger partial charge on any atom is -0.480 e. The van der Waals surface area contributed by atoms with Crippen molar-refractivity contribution in [3.63, 3.8) is 0 Å². The van der Waals surface area contributed by atoms with Gasteiger partial charge in [-0.15, -0.1) is 0 Å². The van der Waals surface area contributed by atoms with Crippen LogP contribution < -0.4 is 16.0 Å². The Morgan fingerprint density at radius 2 is 1.53 bits per heavy atom. The molecule has 4 N–H and O–H groups in total. The number of carboxylic acid groups (broad SMARTS) is 1. The van der Waals surface area contributed by atoms with Crippen molar-refractivity contribution in [1.29, 1.82) is 0 Å². The van der Waals surface area contributed by atoms with E-state index < -0.39 is 41.7 Å². The van der Waals surface area contributed by atoms with Crippen LogP contribution in [0.15, 0.2) is 24.3 Å². The number of halogens is 3. The third kappa shape index (κ3) is 8.71. The van der Waals surface area contributed by atoms with E-state index in [-0.39, 0.29) is 30.4 Å². The van der Waals surface area contributed by atoms with E-state index >= 15 is 0 Å². The van der Waals surface area contributed by atoms with Crippen molar-refractivity contribution in [3.05, 3.63) is 29.8 Å². The van der Waals surface area contributed by atoms with Crippen molar-refractivity contribution in [2.45, 2.75) is 58.8 Å². The number of aliphatic carboxylic acids is 1. The van der Waals surface area contributed by atoms with Gasteiger partial charge in [0, 0.05) is 5.69 Å². The van der Waals surface area contributed by atoms with Gasteiger partial charge in [0.15, 0.2) is 0 Å². The van der Waals surface area contributed by atoms with Crippen LogP contribution in [0.3, 0.4) is 0 Å². The molecule has 0 radical (unpaired) electrons. The van der Waals surface area contributed by atoms with Gasteiger partial charge in [-0.05, 0) is 42.9 Å². The number of carbonyl (C=O) groups is 3. The first-order valence-corrected chi connectivity index (χ1v) is 9.57. The predicted octanol–water partition coefficient (Wildman–Crippen LogP) is 3.86. The fourth-order valence-electron chi connectivity index (χ4n) is 2.77. The molecular weight excluding hydrogens is 403 g/mol. The molecule has 2 atom stereocenters. The van der Waals surface area contributed by atoms with Crippen molar-refractivity contribution in [2.24, 2.45) is 11.8 Å². The first-order chi connectivity index (χ1) is 13.8. The monoisotopic (exact) mass is 431 g/mol. The standard InChI is InChI=1S/C20H28F3N3O4/c1-11(2)8-15(17(27)25-16(18(28)29)9-12(3)4)26-19(30)24-14-7-5-6-13(10-14)20(21,22)23/h5-7,10-12,15-16H,8-9H2,1-4H3,(H,25,27)(H,28,29)(H2,24,26,30)/t15-,16-/m0/s1. The molecule has 3 amide bonds. The minimum atomic E-state index is -4.56. The van der Waals surface area contributed by atoms with Crippen LogP contribution in [0.1, 0.15) is 46.1 Å². The first-order valence-electron chi connectivity index (χ1n) is 9.57.